The summed E-state index contributed by atoms with van der Waals surface area (Å²) < 4.78 is 41.7. The molecule has 0 fully saturated rings. The van der Waals surface area contributed by atoms with Gasteiger partial charge in [0.1, 0.15) is 5.69 Å². The lowest BCUT2D eigenvalue weighted by Gasteiger charge is -2.07. The van der Waals surface area contributed by atoms with Crippen molar-refractivity contribution in [2.24, 2.45) is 0 Å². The van der Waals surface area contributed by atoms with Crippen LogP contribution in [-0.2, 0) is 6.18 Å². The highest BCUT2D eigenvalue weighted by Gasteiger charge is 2.38. The van der Waals surface area contributed by atoms with E-state index in [4.69, 9.17) is 17.3 Å². The van der Waals surface area contributed by atoms with Crippen LogP contribution in [0.15, 0.2) is 59.4 Å². The minimum atomic E-state index is -4.71. The van der Waals surface area contributed by atoms with E-state index in [-0.39, 0.29) is 22.5 Å². The molecule has 2 heterocycles. The van der Waals surface area contributed by atoms with Gasteiger partial charge in [-0.1, -0.05) is 35.9 Å². The third-order valence-corrected chi connectivity index (χ3v) is 4.49. The van der Waals surface area contributed by atoms with Crippen molar-refractivity contribution in [3.63, 3.8) is 0 Å². The third-order valence-electron chi connectivity index (χ3n) is 4.24. The van der Waals surface area contributed by atoms with Crippen molar-refractivity contribution in [1.82, 2.24) is 14.6 Å². The van der Waals surface area contributed by atoms with Gasteiger partial charge in [0.2, 0.25) is 0 Å². The van der Waals surface area contributed by atoms with Gasteiger partial charge in [-0.15, -0.1) is 0 Å². The highest BCUT2D eigenvalue weighted by Crippen LogP contribution is 2.38. The van der Waals surface area contributed by atoms with Crippen LogP contribution < -0.4 is 11.3 Å². The van der Waals surface area contributed by atoms with Crippen molar-refractivity contribution in [3.05, 3.63) is 75.7 Å². The number of alkyl halides is 3. The van der Waals surface area contributed by atoms with Gasteiger partial charge < -0.3 is 5.73 Å². The molecule has 0 amide bonds. The van der Waals surface area contributed by atoms with E-state index in [9.17, 15) is 18.0 Å². The molecule has 2 aromatic carbocycles. The van der Waals surface area contributed by atoms with Crippen LogP contribution in [0.3, 0.4) is 0 Å². The maximum Gasteiger partial charge on any atom is 0.433 e. The maximum absolute atomic E-state index is 13.6. The molecule has 9 heteroatoms. The molecule has 0 aliphatic rings. The molecule has 0 saturated heterocycles. The number of halogens is 4. The second kappa shape index (κ2) is 6.42. The highest BCUT2D eigenvalue weighted by atomic mass is 35.5. The van der Waals surface area contributed by atoms with E-state index in [0.29, 0.717) is 16.3 Å². The second-order valence-electron chi connectivity index (χ2n) is 6.13. The predicted molar refractivity (Wildman–Crippen MR) is 101 cm³/mol. The molecule has 4 aromatic rings. The van der Waals surface area contributed by atoms with Crippen LogP contribution in [0.2, 0.25) is 5.02 Å². The summed E-state index contributed by atoms with van der Waals surface area (Å²) in [6, 6.07) is 13.5. The zero-order valence-corrected chi connectivity index (χ0v) is 14.8. The summed E-state index contributed by atoms with van der Waals surface area (Å²) in [7, 11) is 0. The Morgan fingerprint density at radius 3 is 2.21 bits per heavy atom. The molecule has 3 N–H and O–H groups in total. The Kier molecular flexibility index (Phi) is 4.15. The van der Waals surface area contributed by atoms with E-state index in [0.717, 1.165) is 4.52 Å². The molecule has 0 aliphatic heterocycles. The van der Waals surface area contributed by atoms with E-state index in [1.54, 1.807) is 24.3 Å². The van der Waals surface area contributed by atoms with E-state index >= 15 is 0 Å². The van der Waals surface area contributed by atoms with Crippen LogP contribution in [0, 0.1) is 0 Å². The number of rotatable bonds is 2. The lowest BCUT2D eigenvalue weighted by molar-refractivity contribution is -0.140. The summed E-state index contributed by atoms with van der Waals surface area (Å²) in [5.74, 6) is 0. The zero-order valence-electron chi connectivity index (χ0n) is 14.1. The smallest absolute Gasteiger partial charge is 0.399 e. The number of anilines is 1. The largest absolute Gasteiger partial charge is 0.433 e. The van der Waals surface area contributed by atoms with E-state index in [1.807, 2.05) is 0 Å². The Labute approximate surface area is 161 Å². The zero-order chi connectivity index (χ0) is 20.1. The maximum atomic E-state index is 13.6. The van der Waals surface area contributed by atoms with Gasteiger partial charge in [0.15, 0.2) is 5.65 Å². The summed E-state index contributed by atoms with van der Waals surface area (Å²) in [5.41, 5.74) is 5.14. The average molecular weight is 405 g/mol. The van der Waals surface area contributed by atoms with Gasteiger partial charge in [0.05, 0.1) is 11.3 Å². The second-order valence-corrected chi connectivity index (χ2v) is 6.56. The molecular weight excluding hydrogens is 393 g/mol. The Morgan fingerprint density at radius 2 is 1.61 bits per heavy atom. The van der Waals surface area contributed by atoms with Crippen LogP contribution >= 0.6 is 11.6 Å². The lowest BCUT2D eigenvalue weighted by atomic mass is 10.1. The molecule has 5 nitrogen and oxygen atoms in total. The fraction of sp³-hybridized carbons (Fsp3) is 0.0526. The van der Waals surface area contributed by atoms with Crippen LogP contribution in [0.25, 0.3) is 28.0 Å². The van der Waals surface area contributed by atoms with Gasteiger partial charge in [0, 0.05) is 22.3 Å². The fourth-order valence-electron chi connectivity index (χ4n) is 2.93. The number of H-pyrrole nitrogens is 1. The first kappa shape index (κ1) is 18.1. The van der Waals surface area contributed by atoms with Crippen LogP contribution in [-0.4, -0.2) is 14.6 Å². The molecule has 0 atom stereocenters. The van der Waals surface area contributed by atoms with Crippen molar-refractivity contribution in [3.8, 4) is 22.4 Å². The molecule has 0 spiro atoms. The first-order valence-corrected chi connectivity index (χ1v) is 8.46. The lowest BCUT2D eigenvalue weighted by Crippen LogP contribution is -2.15. The summed E-state index contributed by atoms with van der Waals surface area (Å²) in [5, 5.41) is 2.52. The van der Waals surface area contributed by atoms with Gasteiger partial charge in [0.25, 0.3) is 5.56 Å². The first-order chi connectivity index (χ1) is 13.2. The number of hydrogen-bond acceptors (Lipinski definition) is 3. The van der Waals surface area contributed by atoms with Gasteiger partial charge in [-0.05, 0) is 29.8 Å². The average Bonchev–Trinajstić information content (AvgIpc) is 3.03. The SMILES string of the molecule is Nc1ccc(-c2cc(=O)n3[nH]c(C(F)(F)F)c(-c4ccc(Cl)cc4)c3n2)cc1. The topological polar surface area (TPSA) is 76.2 Å². The molecule has 0 aliphatic carbocycles. The minimum absolute atomic E-state index is 0.131. The summed E-state index contributed by atoms with van der Waals surface area (Å²) in [6.07, 6.45) is -4.71. The third kappa shape index (κ3) is 3.11. The van der Waals surface area contributed by atoms with Crippen molar-refractivity contribution in [1.29, 1.82) is 0 Å². The number of benzene rings is 2. The fourth-order valence-corrected chi connectivity index (χ4v) is 3.06. The highest BCUT2D eigenvalue weighted by molar-refractivity contribution is 6.30. The molecule has 2 aromatic heterocycles. The molecule has 0 bridgehead atoms. The minimum Gasteiger partial charge on any atom is -0.399 e. The van der Waals surface area contributed by atoms with Crippen LogP contribution in [0.5, 0.6) is 0 Å². The number of nitrogens with one attached hydrogen (secondary N) is 1. The summed E-state index contributed by atoms with van der Waals surface area (Å²) in [4.78, 5) is 16.8. The number of nitrogens with two attached hydrogens (primary N) is 1. The predicted octanol–water partition coefficient (Wildman–Crippen LogP) is 4.61. The van der Waals surface area contributed by atoms with Crippen molar-refractivity contribution < 1.29 is 13.2 Å². The molecule has 4 rings (SSSR count). The summed E-state index contributed by atoms with van der Waals surface area (Å²) >= 11 is 5.85. The van der Waals surface area contributed by atoms with Crippen LogP contribution in [0.1, 0.15) is 5.69 Å². The normalized spacial score (nSPS) is 11.9. The van der Waals surface area contributed by atoms with Crippen molar-refractivity contribution in [2.45, 2.75) is 6.18 Å². The van der Waals surface area contributed by atoms with Crippen molar-refractivity contribution >= 4 is 22.9 Å². The van der Waals surface area contributed by atoms with E-state index < -0.39 is 17.4 Å². The van der Waals surface area contributed by atoms with E-state index in [2.05, 4.69) is 10.1 Å². The number of hydrogen-bond donors (Lipinski definition) is 2. The number of fused-ring (bicyclic) bond motifs is 1. The van der Waals surface area contributed by atoms with Gasteiger partial charge in [-0.25, -0.2) is 9.50 Å². The van der Waals surface area contributed by atoms with Gasteiger partial charge in [-0.2, -0.15) is 13.2 Å². The Hall–Kier alpha value is -3.26. The molecule has 0 radical (unpaired) electrons. The monoisotopic (exact) mass is 404 g/mol. The van der Waals surface area contributed by atoms with Crippen molar-refractivity contribution in [2.75, 3.05) is 5.73 Å². The molecule has 28 heavy (non-hydrogen) atoms. The summed E-state index contributed by atoms with van der Waals surface area (Å²) in [6.45, 7) is 0. The Bertz CT molecular complexity index is 1230. The Morgan fingerprint density at radius 1 is 1.00 bits per heavy atom. The first-order valence-electron chi connectivity index (χ1n) is 8.09. The number of aromatic nitrogens is 3. The molecule has 0 saturated carbocycles. The molecular formula is C19H12ClF3N4O. The van der Waals surface area contributed by atoms with E-state index in [1.165, 1.54) is 30.3 Å². The number of aromatic amines is 1. The standard InChI is InChI=1S/C19H12ClF3N4O/c20-12-5-1-11(2-6-12)16-17(19(21,22)23)26-27-15(28)9-14(25-18(16)27)10-3-7-13(24)8-4-10/h1-9,26H,24H2. The Balaban J connectivity index is 2.05. The van der Waals surface area contributed by atoms with Crippen LogP contribution in [0.4, 0.5) is 18.9 Å². The molecule has 0 unspecified atom stereocenters. The van der Waals surface area contributed by atoms with Gasteiger partial charge in [-0.3, -0.25) is 9.89 Å². The molecule has 142 valence electrons. The number of nitrogens with zero attached hydrogens (tertiary/aromatic N) is 2. The van der Waals surface area contributed by atoms with Gasteiger partial charge >= 0.3 is 6.18 Å². The quantitative estimate of drug-likeness (QED) is 0.479. The number of nitrogen functional groups attached to an aromatic ring is 1.